The monoisotopic (exact) mass is 415 g/mol. The molecule has 3 rings (SSSR count). The van der Waals surface area contributed by atoms with Gasteiger partial charge in [-0.05, 0) is 49.4 Å². The molecule has 2 aromatic carbocycles. The lowest BCUT2D eigenvalue weighted by Crippen LogP contribution is -2.32. The summed E-state index contributed by atoms with van der Waals surface area (Å²) < 4.78 is 6.02. The summed E-state index contributed by atoms with van der Waals surface area (Å²) in [5.74, 6) is 1.00. The van der Waals surface area contributed by atoms with E-state index in [1.54, 1.807) is 0 Å². The van der Waals surface area contributed by atoms with Crippen molar-refractivity contribution in [1.29, 1.82) is 0 Å². The van der Waals surface area contributed by atoms with Crippen LogP contribution in [-0.2, 0) is 6.54 Å². The van der Waals surface area contributed by atoms with Gasteiger partial charge in [-0.1, -0.05) is 99.4 Å². The molecule has 0 aliphatic carbocycles. The maximum absolute atomic E-state index is 6.02. The molecule has 0 fully saturated rings. The summed E-state index contributed by atoms with van der Waals surface area (Å²) in [5, 5.41) is 0. The third-order valence-corrected chi connectivity index (χ3v) is 5.66. The zero-order valence-corrected chi connectivity index (χ0v) is 19.0. The standard InChI is InChI=1S/C29H37NO/c1-2-3-4-5-6-7-8-9-10-11-12-13-15-19-26-20-18-23-29-28(26)24-30(25-31-29)27-21-16-14-17-22-27/h8-9,11-12,14-23H,2-7,10,13,24-25H2,1H3/b9-8+,12-11+,19-15+. The minimum atomic E-state index is 0.596. The summed E-state index contributed by atoms with van der Waals surface area (Å²) >= 11 is 0. The highest BCUT2D eigenvalue weighted by atomic mass is 16.5. The van der Waals surface area contributed by atoms with Crippen LogP contribution in [-0.4, -0.2) is 6.73 Å². The van der Waals surface area contributed by atoms with Crippen LogP contribution in [0.4, 0.5) is 5.69 Å². The summed E-state index contributed by atoms with van der Waals surface area (Å²) in [5.41, 5.74) is 3.71. The molecule has 0 bridgehead atoms. The van der Waals surface area contributed by atoms with Crippen LogP contribution in [0.15, 0.2) is 78.9 Å². The van der Waals surface area contributed by atoms with Gasteiger partial charge in [0, 0.05) is 11.3 Å². The number of hydrogen-bond acceptors (Lipinski definition) is 2. The predicted octanol–water partition coefficient (Wildman–Crippen LogP) is 8.31. The van der Waals surface area contributed by atoms with E-state index in [4.69, 9.17) is 4.74 Å². The smallest absolute Gasteiger partial charge is 0.161 e. The SMILES string of the molecule is CCCCCCC/C=C/C/C=C/C/C=C/c1cccc2c1CN(c1ccccc1)CO2. The van der Waals surface area contributed by atoms with Gasteiger partial charge < -0.3 is 9.64 Å². The van der Waals surface area contributed by atoms with E-state index >= 15 is 0 Å². The van der Waals surface area contributed by atoms with Gasteiger partial charge in [0.05, 0.1) is 6.54 Å². The molecular formula is C29H37NO. The molecule has 31 heavy (non-hydrogen) atoms. The van der Waals surface area contributed by atoms with Gasteiger partial charge in [-0.2, -0.15) is 0 Å². The van der Waals surface area contributed by atoms with Crippen LogP contribution >= 0.6 is 0 Å². The Morgan fingerprint density at radius 1 is 0.806 bits per heavy atom. The highest BCUT2D eigenvalue weighted by Gasteiger charge is 2.19. The van der Waals surface area contributed by atoms with Crippen molar-refractivity contribution < 1.29 is 4.74 Å². The Kier molecular flexibility index (Phi) is 10.0. The van der Waals surface area contributed by atoms with E-state index in [1.165, 1.54) is 55.3 Å². The first kappa shape index (κ1) is 22.9. The second-order valence-electron chi connectivity index (χ2n) is 8.15. The number of anilines is 1. The molecule has 2 heteroatoms. The molecule has 1 aliphatic heterocycles. The van der Waals surface area contributed by atoms with Crippen LogP contribution in [0.3, 0.4) is 0 Å². The summed E-state index contributed by atoms with van der Waals surface area (Å²) in [6.45, 7) is 3.74. The van der Waals surface area contributed by atoms with E-state index in [9.17, 15) is 0 Å². The van der Waals surface area contributed by atoms with Crippen molar-refractivity contribution in [1.82, 2.24) is 0 Å². The molecule has 0 spiro atoms. The first-order valence-corrected chi connectivity index (χ1v) is 11.9. The van der Waals surface area contributed by atoms with Crippen molar-refractivity contribution in [3.05, 3.63) is 90.0 Å². The van der Waals surface area contributed by atoms with Gasteiger partial charge in [-0.3, -0.25) is 0 Å². The van der Waals surface area contributed by atoms with Crippen LogP contribution in [0.25, 0.3) is 6.08 Å². The van der Waals surface area contributed by atoms with Crippen molar-refractivity contribution in [2.75, 3.05) is 11.6 Å². The number of unbranched alkanes of at least 4 members (excludes halogenated alkanes) is 5. The number of fused-ring (bicyclic) bond motifs is 1. The van der Waals surface area contributed by atoms with Gasteiger partial charge in [-0.15, -0.1) is 0 Å². The largest absolute Gasteiger partial charge is 0.473 e. The summed E-state index contributed by atoms with van der Waals surface area (Å²) in [7, 11) is 0. The normalized spacial score (nSPS) is 13.9. The molecule has 0 amide bonds. The number of rotatable bonds is 12. The van der Waals surface area contributed by atoms with Crippen LogP contribution < -0.4 is 9.64 Å². The first-order valence-electron chi connectivity index (χ1n) is 11.9. The van der Waals surface area contributed by atoms with Crippen LogP contribution in [0.2, 0.25) is 0 Å². The molecule has 0 radical (unpaired) electrons. The summed E-state index contributed by atoms with van der Waals surface area (Å²) in [6.07, 6.45) is 23.6. The van der Waals surface area contributed by atoms with Gasteiger partial charge in [0.1, 0.15) is 5.75 Å². The van der Waals surface area contributed by atoms with Gasteiger partial charge in [-0.25, -0.2) is 0 Å². The fraction of sp³-hybridized carbons (Fsp3) is 0.379. The molecule has 0 saturated carbocycles. The quantitative estimate of drug-likeness (QED) is 0.255. The number of benzene rings is 2. The van der Waals surface area contributed by atoms with E-state index in [-0.39, 0.29) is 0 Å². The molecule has 2 nitrogen and oxygen atoms in total. The lowest BCUT2D eigenvalue weighted by Gasteiger charge is -2.31. The van der Waals surface area contributed by atoms with Crippen LogP contribution in [0.1, 0.15) is 69.4 Å². The zero-order valence-electron chi connectivity index (χ0n) is 19.0. The fourth-order valence-electron chi connectivity index (χ4n) is 3.86. The van der Waals surface area contributed by atoms with Crippen molar-refractivity contribution in [3.8, 4) is 5.75 Å². The van der Waals surface area contributed by atoms with Crippen LogP contribution in [0.5, 0.6) is 5.75 Å². The Hall–Kier alpha value is -2.74. The van der Waals surface area contributed by atoms with E-state index in [0.717, 1.165) is 25.1 Å². The second-order valence-corrected chi connectivity index (χ2v) is 8.15. The topological polar surface area (TPSA) is 12.5 Å². The number of allylic oxidation sites excluding steroid dienone is 5. The van der Waals surface area contributed by atoms with Gasteiger partial charge in [0.2, 0.25) is 0 Å². The molecule has 0 aromatic heterocycles. The third-order valence-electron chi connectivity index (χ3n) is 5.66. The van der Waals surface area contributed by atoms with Crippen molar-refractivity contribution in [2.24, 2.45) is 0 Å². The maximum Gasteiger partial charge on any atom is 0.161 e. The molecule has 1 aliphatic rings. The van der Waals surface area contributed by atoms with E-state index in [1.807, 2.05) is 6.07 Å². The number of ether oxygens (including phenoxy) is 1. The lowest BCUT2D eigenvalue weighted by atomic mass is 10.0. The fourth-order valence-corrected chi connectivity index (χ4v) is 3.86. The molecule has 1 heterocycles. The van der Waals surface area contributed by atoms with Crippen molar-refractivity contribution in [3.63, 3.8) is 0 Å². The molecule has 164 valence electrons. The number of hydrogen-bond donors (Lipinski definition) is 0. The third kappa shape index (κ3) is 7.79. The molecule has 0 N–H and O–H groups in total. The Labute approximate surface area is 188 Å². The first-order chi connectivity index (χ1) is 15.4. The highest BCUT2D eigenvalue weighted by molar-refractivity contribution is 5.61. The molecule has 2 aromatic rings. The minimum Gasteiger partial charge on any atom is -0.473 e. The molecular weight excluding hydrogens is 378 g/mol. The Morgan fingerprint density at radius 3 is 2.42 bits per heavy atom. The molecule has 0 atom stereocenters. The van der Waals surface area contributed by atoms with Gasteiger partial charge >= 0.3 is 0 Å². The zero-order chi connectivity index (χ0) is 21.6. The Bertz CT molecular complexity index is 850. The molecule has 0 unspecified atom stereocenters. The average molecular weight is 416 g/mol. The molecule has 0 saturated heterocycles. The average Bonchev–Trinajstić information content (AvgIpc) is 2.82. The Balaban J connectivity index is 1.43. The predicted molar refractivity (Wildman–Crippen MR) is 134 cm³/mol. The van der Waals surface area contributed by atoms with Crippen molar-refractivity contribution >= 4 is 11.8 Å². The summed E-state index contributed by atoms with van der Waals surface area (Å²) in [4.78, 5) is 2.27. The van der Waals surface area contributed by atoms with Crippen LogP contribution in [0, 0.1) is 0 Å². The van der Waals surface area contributed by atoms with Gasteiger partial charge in [0.25, 0.3) is 0 Å². The Morgan fingerprint density at radius 2 is 1.58 bits per heavy atom. The van der Waals surface area contributed by atoms with E-state index in [2.05, 4.69) is 90.7 Å². The summed E-state index contributed by atoms with van der Waals surface area (Å²) in [6, 6.07) is 16.8. The van der Waals surface area contributed by atoms with E-state index < -0.39 is 0 Å². The second kappa shape index (κ2) is 13.5. The number of nitrogens with zero attached hydrogens (tertiary/aromatic N) is 1. The van der Waals surface area contributed by atoms with Gasteiger partial charge in [0.15, 0.2) is 6.73 Å². The maximum atomic E-state index is 6.02. The number of para-hydroxylation sites is 1. The minimum absolute atomic E-state index is 0.596. The lowest BCUT2D eigenvalue weighted by molar-refractivity contribution is 0.289. The van der Waals surface area contributed by atoms with E-state index in [0.29, 0.717) is 6.73 Å². The van der Waals surface area contributed by atoms with Crippen molar-refractivity contribution in [2.45, 2.75) is 64.8 Å². The highest BCUT2D eigenvalue weighted by Crippen LogP contribution is 2.31.